The lowest BCUT2D eigenvalue weighted by molar-refractivity contribution is -0.158. The maximum absolute atomic E-state index is 12.4. The van der Waals surface area contributed by atoms with Crippen LogP contribution >= 0.6 is 0 Å². The second-order valence-corrected chi connectivity index (χ2v) is 12.9. The number of carbonyl (C=O) groups excluding carboxylic acids is 2. The molecule has 3 aliphatic carbocycles. The molecule has 31 heavy (non-hydrogen) atoms. The van der Waals surface area contributed by atoms with E-state index in [9.17, 15) is 9.59 Å². The van der Waals surface area contributed by atoms with Crippen LogP contribution in [0.5, 0.6) is 0 Å². The minimum Gasteiger partial charge on any atom is -0.342 e. The molecule has 0 bridgehead atoms. The fourth-order valence-electron chi connectivity index (χ4n) is 8.64. The highest BCUT2D eigenvalue weighted by Crippen LogP contribution is 2.67. The molecule has 176 valence electrons. The molecule has 1 unspecified atom stereocenters. The summed E-state index contributed by atoms with van der Waals surface area (Å²) in [4.78, 5) is 26.9. The average Bonchev–Trinajstić information content (AvgIpc) is 2.92. The van der Waals surface area contributed by atoms with Gasteiger partial charge >= 0.3 is 6.03 Å². The van der Waals surface area contributed by atoms with Crippen molar-refractivity contribution in [2.24, 2.45) is 40.4 Å². The lowest BCUT2D eigenvalue weighted by atomic mass is 9.47. The molecule has 0 aromatic heterocycles. The summed E-state index contributed by atoms with van der Waals surface area (Å²) in [5.74, 6) is 3.80. The van der Waals surface area contributed by atoms with Gasteiger partial charge in [-0.15, -0.1) is 0 Å². The molecule has 1 heterocycles. The molecule has 3 amide bonds. The number of nitrogens with one attached hydrogen (secondary N) is 2. The second-order valence-electron chi connectivity index (χ2n) is 12.9. The lowest BCUT2D eigenvalue weighted by Crippen LogP contribution is -2.61. The number of urea groups is 1. The molecule has 0 spiro atoms. The molecule has 5 nitrogen and oxygen atoms in total. The van der Waals surface area contributed by atoms with Crippen molar-refractivity contribution in [3.63, 3.8) is 0 Å². The van der Waals surface area contributed by atoms with Gasteiger partial charge in [0.2, 0.25) is 5.91 Å². The minimum atomic E-state index is -0.210. The van der Waals surface area contributed by atoms with Gasteiger partial charge in [-0.2, -0.15) is 0 Å². The highest BCUT2D eigenvalue weighted by Gasteiger charge is 2.62. The number of piperidine rings is 1. The zero-order valence-electron chi connectivity index (χ0n) is 20.9. The fourth-order valence-corrected chi connectivity index (χ4v) is 8.64. The van der Waals surface area contributed by atoms with Gasteiger partial charge in [0.25, 0.3) is 0 Å². The van der Waals surface area contributed by atoms with Gasteiger partial charge in [-0.25, -0.2) is 4.79 Å². The number of carbonyl (C=O) groups is 2. The van der Waals surface area contributed by atoms with E-state index >= 15 is 0 Å². The van der Waals surface area contributed by atoms with Crippen LogP contribution in [0.15, 0.2) is 0 Å². The van der Waals surface area contributed by atoms with Crippen molar-refractivity contribution < 1.29 is 9.59 Å². The number of nitrogens with zero attached hydrogens (tertiary/aromatic N) is 1. The first-order valence-electron chi connectivity index (χ1n) is 12.7. The summed E-state index contributed by atoms with van der Waals surface area (Å²) in [5, 5.41) is 6.26. The molecular weight excluding hydrogens is 386 g/mol. The van der Waals surface area contributed by atoms with Crippen molar-refractivity contribution in [1.82, 2.24) is 15.5 Å². The van der Waals surface area contributed by atoms with Crippen molar-refractivity contribution in [2.45, 2.75) is 98.1 Å². The summed E-state index contributed by atoms with van der Waals surface area (Å²) in [7, 11) is 2.04. The summed E-state index contributed by atoms with van der Waals surface area (Å²) in [6.45, 7) is 14.3. The summed E-state index contributed by atoms with van der Waals surface area (Å²) < 4.78 is 0. The second kappa shape index (κ2) is 7.66. The van der Waals surface area contributed by atoms with E-state index in [0.717, 1.165) is 43.6 Å². The van der Waals surface area contributed by atoms with Crippen LogP contribution in [-0.4, -0.2) is 42.0 Å². The summed E-state index contributed by atoms with van der Waals surface area (Å²) in [6.07, 6.45) is 8.05. The first-order chi connectivity index (χ1) is 14.4. The van der Waals surface area contributed by atoms with E-state index in [-0.39, 0.29) is 17.0 Å². The number of hydrogen-bond acceptors (Lipinski definition) is 2. The van der Waals surface area contributed by atoms with Crippen molar-refractivity contribution >= 4 is 11.9 Å². The Hall–Kier alpha value is -1.26. The van der Waals surface area contributed by atoms with Crippen LogP contribution in [0.25, 0.3) is 0 Å². The predicted octanol–water partition coefficient (Wildman–Crippen LogP) is 4.81. The monoisotopic (exact) mass is 431 g/mol. The molecule has 5 heteroatoms. The van der Waals surface area contributed by atoms with Crippen LogP contribution in [0, 0.1) is 40.4 Å². The van der Waals surface area contributed by atoms with Crippen LogP contribution in [0.3, 0.4) is 0 Å². The zero-order chi connectivity index (χ0) is 22.8. The predicted molar refractivity (Wildman–Crippen MR) is 125 cm³/mol. The van der Waals surface area contributed by atoms with Gasteiger partial charge < -0.3 is 15.5 Å². The van der Waals surface area contributed by atoms with Gasteiger partial charge in [0.05, 0.1) is 0 Å². The maximum atomic E-state index is 12.4. The molecule has 4 fully saturated rings. The Morgan fingerprint density at radius 3 is 2.48 bits per heavy atom. The van der Waals surface area contributed by atoms with Crippen molar-refractivity contribution in [1.29, 1.82) is 0 Å². The first-order valence-corrected chi connectivity index (χ1v) is 12.7. The molecule has 8 atom stereocenters. The lowest BCUT2D eigenvalue weighted by Gasteiger charge is -2.61. The van der Waals surface area contributed by atoms with Crippen molar-refractivity contribution in [3.8, 4) is 0 Å². The molecular formula is C26H45N3O2. The zero-order valence-corrected chi connectivity index (χ0v) is 20.9. The Balaban J connectivity index is 1.49. The highest BCUT2D eigenvalue weighted by molar-refractivity contribution is 5.77. The first kappa shape index (κ1) is 22.9. The molecule has 2 N–H and O–H groups in total. The Kier molecular flexibility index (Phi) is 5.66. The summed E-state index contributed by atoms with van der Waals surface area (Å²) >= 11 is 0. The normalized spacial score (nSPS) is 44.9. The number of fused-ring (bicyclic) bond motifs is 5. The van der Waals surface area contributed by atoms with Crippen LogP contribution in [-0.2, 0) is 4.79 Å². The largest absolute Gasteiger partial charge is 0.342 e. The highest BCUT2D eigenvalue weighted by atomic mass is 16.2. The third-order valence-corrected chi connectivity index (χ3v) is 10.1. The standard InChI is InChI=1S/C26H45N3O2/c1-16-14-19-17-8-9-21-26(6,13-11-22(30)29(21)7)18(17)10-12-25(19,5)20(16)15-27-23(31)28-24(2,3)4/h16-21H,8-15H2,1-7H3,(H2,27,28,31)/t16?,17-,18+,19+,20+,21-,25+,26-/m1/s1. The maximum Gasteiger partial charge on any atom is 0.315 e. The van der Waals surface area contributed by atoms with E-state index in [2.05, 4.69) is 36.3 Å². The van der Waals surface area contributed by atoms with E-state index in [1.165, 1.54) is 25.7 Å². The fraction of sp³-hybridized carbons (Fsp3) is 0.923. The number of rotatable bonds is 2. The third-order valence-electron chi connectivity index (χ3n) is 10.1. The van der Waals surface area contributed by atoms with E-state index in [0.29, 0.717) is 29.2 Å². The van der Waals surface area contributed by atoms with Crippen LogP contribution < -0.4 is 10.6 Å². The molecule has 0 aromatic carbocycles. The third kappa shape index (κ3) is 3.78. The van der Waals surface area contributed by atoms with Crippen LogP contribution in [0.2, 0.25) is 0 Å². The molecule has 1 aliphatic heterocycles. The van der Waals surface area contributed by atoms with Crippen molar-refractivity contribution in [3.05, 3.63) is 0 Å². The molecule has 4 rings (SSSR count). The molecule has 1 saturated heterocycles. The van der Waals surface area contributed by atoms with Gasteiger partial charge in [0.1, 0.15) is 0 Å². The molecule has 0 aromatic rings. The Morgan fingerprint density at radius 2 is 1.81 bits per heavy atom. The van der Waals surface area contributed by atoms with Crippen molar-refractivity contribution in [2.75, 3.05) is 13.6 Å². The molecule has 3 saturated carbocycles. The Bertz CT molecular complexity index is 731. The number of hydrogen-bond donors (Lipinski definition) is 2. The van der Waals surface area contributed by atoms with E-state index in [1.54, 1.807) is 0 Å². The van der Waals surface area contributed by atoms with Gasteiger partial charge in [-0.1, -0.05) is 20.8 Å². The van der Waals surface area contributed by atoms with Gasteiger partial charge in [0, 0.05) is 31.6 Å². The Labute approximate surface area is 189 Å². The van der Waals surface area contributed by atoms with Crippen LogP contribution in [0.4, 0.5) is 4.79 Å². The molecule has 0 radical (unpaired) electrons. The molecule has 4 aliphatic rings. The quantitative estimate of drug-likeness (QED) is 0.659. The van der Waals surface area contributed by atoms with E-state index < -0.39 is 0 Å². The van der Waals surface area contributed by atoms with Gasteiger partial charge in [0.15, 0.2) is 0 Å². The Morgan fingerprint density at radius 1 is 1.10 bits per heavy atom. The van der Waals surface area contributed by atoms with Gasteiger partial charge in [-0.3, -0.25) is 4.79 Å². The van der Waals surface area contributed by atoms with Gasteiger partial charge in [-0.05, 0) is 99.7 Å². The number of amides is 3. The topological polar surface area (TPSA) is 61.4 Å². The number of likely N-dealkylation sites (tertiary alicyclic amines) is 1. The van der Waals surface area contributed by atoms with E-state index in [1.807, 2.05) is 27.8 Å². The summed E-state index contributed by atoms with van der Waals surface area (Å²) in [5.41, 5.74) is 0.382. The minimum absolute atomic E-state index is 0.0386. The SMILES string of the molecule is CC1C[C@H]2[C@@H]3CC[C@H]4N(C)C(=O)CC[C@]4(C)[C@H]3CC[C@]2(C)[C@H]1CNC(=O)NC(C)(C)C. The smallest absolute Gasteiger partial charge is 0.315 e. The van der Waals surface area contributed by atoms with E-state index in [4.69, 9.17) is 0 Å². The van der Waals surface area contributed by atoms with Crippen LogP contribution in [0.1, 0.15) is 86.5 Å². The average molecular weight is 432 g/mol. The summed E-state index contributed by atoms with van der Waals surface area (Å²) in [6, 6.07) is 0.389.